The van der Waals surface area contributed by atoms with Crippen LogP contribution < -0.4 is 9.47 Å². The normalized spacial score (nSPS) is 37.8. The van der Waals surface area contributed by atoms with Gasteiger partial charge in [-0.1, -0.05) is 18.2 Å². The van der Waals surface area contributed by atoms with Gasteiger partial charge in [-0.15, -0.1) is 0 Å². The molecular formula is C18H23NO5. The Morgan fingerprint density at radius 2 is 2.17 bits per heavy atom. The maximum Gasteiger partial charge on any atom is 0.162 e. The molecule has 1 aromatic carbocycles. The quantitative estimate of drug-likeness (QED) is 0.485. The number of hydrogen-bond donors (Lipinski definition) is 2. The predicted octanol–water partition coefficient (Wildman–Crippen LogP) is 1.48. The molecule has 6 nitrogen and oxygen atoms in total. The van der Waals surface area contributed by atoms with Gasteiger partial charge in [0.1, 0.15) is 5.60 Å². The van der Waals surface area contributed by atoms with Crippen LogP contribution in [0.2, 0.25) is 0 Å². The van der Waals surface area contributed by atoms with Crippen LogP contribution in [0.5, 0.6) is 11.5 Å². The summed E-state index contributed by atoms with van der Waals surface area (Å²) in [6.07, 6.45) is 3.70. The number of aliphatic hydroxyl groups is 1. The molecule has 130 valence electrons. The number of likely N-dealkylation sites (tertiary alicyclic amines) is 1. The Kier molecular flexibility index (Phi) is 3.80. The summed E-state index contributed by atoms with van der Waals surface area (Å²) < 4.78 is 11.6. The van der Waals surface area contributed by atoms with E-state index in [2.05, 4.69) is 16.8 Å². The summed E-state index contributed by atoms with van der Waals surface area (Å²) in [6.45, 7) is 0.761. The van der Waals surface area contributed by atoms with E-state index in [0.29, 0.717) is 17.9 Å². The topological polar surface area (TPSA) is 71.4 Å². The molecule has 0 amide bonds. The molecule has 0 aromatic heterocycles. The maximum absolute atomic E-state index is 11.5. The lowest BCUT2D eigenvalue weighted by Crippen LogP contribution is -2.66. The van der Waals surface area contributed by atoms with E-state index < -0.39 is 17.8 Å². The number of methoxy groups -OCH3 is 1. The van der Waals surface area contributed by atoms with Gasteiger partial charge in [-0.05, 0) is 37.6 Å². The molecular weight excluding hydrogens is 310 g/mol. The lowest BCUT2D eigenvalue weighted by atomic mass is 9.67. The first-order valence-electron chi connectivity index (χ1n) is 8.31. The predicted molar refractivity (Wildman–Crippen MR) is 87.2 cm³/mol. The van der Waals surface area contributed by atoms with Gasteiger partial charge in [0.25, 0.3) is 0 Å². The van der Waals surface area contributed by atoms with E-state index in [1.807, 2.05) is 24.3 Å². The molecule has 24 heavy (non-hydrogen) atoms. The summed E-state index contributed by atoms with van der Waals surface area (Å²) in [7, 11) is 3.68. The summed E-state index contributed by atoms with van der Waals surface area (Å²) in [4.78, 5) is 6.90. The van der Waals surface area contributed by atoms with Gasteiger partial charge in [-0.2, -0.15) is 0 Å². The molecule has 0 spiro atoms. The SMILES string of the molecule is COc1ccc2cc1O[C@@H]1[C@@H](OO)C=C[C@@H]3[C@@H](C2)N(C)CC[C@]31O. The van der Waals surface area contributed by atoms with Crippen molar-refractivity contribution in [1.29, 1.82) is 0 Å². The van der Waals surface area contributed by atoms with E-state index >= 15 is 0 Å². The van der Waals surface area contributed by atoms with Gasteiger partial charge < -0.3 is 19.5 Å². The third-order valence-corrected chi connectivity index (χ3v) is 5.77. The third kappa shape index (κ3) is 2.25. The minimum absolute atomic E-state index is 0.0899. The first kappa shape index (κ1) is 15.9. The van der Waals surface area contributed by atoms with E-state index in [0.717, 1.165) is 18.5 Å². The van der Waals surface area contributed by atoms with Crippen molar-refractivity contribution in [2.45, 2.75) is 36.7 Å². The third-order valence-electron chi connectivity index (χ3n) is 5.77. The minimum atomic E-state index is -1.10. The molecule has 6 heteroatoms. The van der Waals surface area contributed by atoms with Crippen molar-refractivity contribution in [3.63, 3.8) is 0 Å². The summed E-state index contributed by atoms with van der Waals surface area (Å²) in [5.74, 6) is 1.09. The van der Waals surface area contributed by atoms with Gasteiger partial charge >= 0.3 is 0 Å². The summed E-state index contributed by atoms with van der Waals surface area (Å²) in [5, 5.41) is 20.8. The van der Waals surface area contributed by atoms with Crippen LogP contribution in [0.1, 0.15) is 12.0 Å². The zero-order valence-electron chi connectivity index (χ0n) is 13.9. The van der Waals surface area contributed by atoms with Crippen LogP contribution >= 0.6 is 0 Å². The largest absolute Gasteiger partial charge is 0.493 e. The number of hydrogen-bond acceptors (Lipinski definition) is 6. The van der Waals surface area contributed by atoms with E-state index in [4.69, 9.17) is 9.47 Å². The zero-order valence-corrected chi connectivity index (χ0v) is 13.9. The van der Waals surface area contributed by atoms with E-state index in [1.54, 1.807) is 13.2 Å². The highest BCUT2D eigenvalue weighted by Crippen LogP contribution is 2.45. The molecule has 0 unspecified atom stereocenters. The van der Waals surface area contributed by atoms with Crippen LogP contribution in [0.3, 0.4) is 0 Å². The second-order valence-corrected chi connectivity index (χ2v) is 7.00. The van der Waals surface area contributed by atoms with Crippen molar-refractivity contribution in [3.8, 4) is 11.5 Å². The molecule has 5 atom stereocenters. The van der Waals surface area contributed by atoms with Gasteiger partial charge in [0.15, 0.2) is 23.7 Å². The van der Waals surface area contributed by atoms with Crippen molar-refractivity contribution in [3.05, 3.63) is 35.9 Å². The standard InChI is InChI=1S/C18H23NO5/c1-19-8-7-18(20)12-4-6-15(24-21)17(18)23-16-10-11(9-13(12)19)3-5-14(16)22-2/h3-6,10,12-13,15,17,20-21H,7-9H2,1-2H3/t12-,13-,15+,17-,18+/m1/s1. The molecule has 3 aliphatic rings. The fourth-order valence-electron chi connectivity index (χ4n) is 4.40. The molecule has 0 saturated carbocycles. The van der Waals surface area contributed by atoms with Crippen LogP contribution in [0.25, 0.3) is 0 Å². The Balaban J connectivity index is 1.88. The number of benzene rings is 1. The van der Waals surface area contributed by atoms with Crippen molar-refractivity contribution in [1.82, 2.24) is 4.90 Å². The van der Waals surface area contributed by atoms with Crippen molar-refractivity contribution in [2.75, 3.05) is 20.7 Å². The highest BCUT2D eigenvalue weighted by Gasteiger charge is 2.56. The zero-order chi connectivity index (χ0) is 16.9. The molecule has 1 fully saturated rings. The molecule has 4 rings (SSSR count). The van der Waals surface area contributed by atoms with E-state index in [1.165, 1.54) is 0 Å². The monoisotopic (exact) mass is 333 g/mol. The van der Waals surface area contributed by atoms with E-state index in [-0.39, 0.29) is 12.0 Å². The van der Waals surface area contributed by atoms with Crippen molar-refractivity contribution in [2.24, 2.45) is 5.92 Å². The first-order chi connectivity index (χ1) is 11.6. The number of rotatable bonds is 2. The Labute approximate surface area is 141 Å². The second-order valence-electron chi connectivity index (χ2n) is 7.00. The molecule has 2 N–H and O–H groups in total. The number of fused-ring (bicyclic) bond motifs is 2. The number of nitrogens with zero attached hydrogens (tertiary/aromatic N) is 1. The van der Waals surface area contributed by atoms with Gasteiger partial charge in [0, 0.05) is 18.5 Å². The summed E-state index contributed by atoms with van der Waals surface area (Å²) in [6, 6.07) is 6.04. The van der Waals surface area contributed by atoms with Gasteiger partial charge in [0.05, 0.1) is 7.11 Å². The van der Waals surface area contributed by atoms with Crippen LogP contribution in [0, 0.1) is 5.92 Å². The van der Waals surface area contributed by atoms with Crippen LogP contribution in [0.15, 0.2) is 30.4 Å². The molecule has 2 aliphatic heterocycles. The Bertz CT molecular complexity index is 663. The molecule has 6 bridgehead atoms. The molecule has 0 radical (unpaired) electrons. The average Bonchev–Trinajstić information content (AvgIpc) is 2.60. The molecule has 1 aromatic rings. The Morgan fingerprint density at radius 1 is 1.33 bits per heavy atom. The fourth-order valence-corrected chi connectivity index (χ4v) is 4.40. The van der Waals surface area contributed by atoms with Gasteiger partial charge in [-0.3, -0.25) is 5.26 Å². The van der Waals surface area contributed by atoms with Gasteiger partial charge in [-0.25, -0.2) is 4.89 Å². The summed E-state index contributed by atoms with van der Waals surface area (Å²) in [5.41, 5.74) is 0.0335. The van der Waals surface area contributed by atoms with E-state index in [9.17, 15) is 10.4 Å². The van der Waals surface area contributed by atoms with Crippen LogP contribution in [0.4, 0.5) is 0 Å². The highest BCUT2D eigenvalue weighted by atomic mass is 17.1. The summed E-state index contributed by atoms with van der Waals surface area (Å²) >= 11 is 0. The average molecular weight is 333 g/mol. The Hall–Kier alpha value is -1.60. The Morgan fingerprint density at radius 3 is 2.92 bits per heavy atom. The number of likely N-dealkylation sites (N-methyl/N-ethyl adjacent to an activating group) is 1. The van der Waals surface area contributed by atoms with Crippen molar-refractivity contribution >= 4 is 0 Å². The maximum atomic E-state index is 11.5. The lowest BCUT2D eigenvalue weighted by molar-refractivity contribution is -0.303. The lowest BCUT2D eigenvalue weighted by Gasteiger charge is -2.53. The number of ether oxygens (including phenoxy) is 2. The molecule has 2 heterocycles. The smallest absolute Gasteiger partial charge is 0.162 e. The molecule has 1 aliphatic carbocycles. The van der Waals surface area contributed by atoms with Gasteiger partial charge in [0.2, 0.25) is 0 Å². The second kappa shape index (κ2) is 5.74. The fraction of sp³-hybridized carbons (Fsp3) is 0.556. The highest BCUT2D eigenvalue weighted by molar-refractivity contribution is 5.44. The molecule has 1 saturated heterocycles. The van der Waals surface area contributed by atoms with Crippen molar-refractivity contribution < 1.29 is 24.7 Å². The number of piperidine rings is 1. The minimum Gasteiger partial charge on any atom is -0.493 e. The van der Waals surface area contributed by atoms with Crippen LogP contribution in [-0.2, 0) is 11.3 Å². The first-order valence-corrected chi connectivity index (χ1v) is 8.31. The van der Waals surface area contributed by atoms with Crippen LogP contribution in [-0.4, -0.2) is 59.8 Å².